The van der Waals surface area contributed by atoms with Gasteiger partial charge in [-0.1, -0.05) is 0 Å². The number of nitro groups is 2. The molecule has 0 saturated heterocycles. The number of nitrogens with zero attached hydrogens (tertiary/aromatic N) is 2. The standard InChI is InChI=1S/C6H5N3O5/c7-3-1-4(8(11)12)6(10)5(2-3)9(13)14/h1-2,10H,7H2. The van der Waals surface area contributed by atoms with E-state index in [-0.39, 0.29) is 5.69 Å². The van der Waals surface area contributed by atoms with Gasteiger partial charge >= 0.3 is 11.4 Å². The van der Waals surface area contributed by atoms with Gasteiger partial charge in [-0.3, -0.25) is 20.2 Å². The Hall–Kier alpha value is -2.38. The van der Waals surface area contributed by atoms with Crippen molar-refractivity contribution in [1.82, 2.24) is 0 Å². The number of nitro benzene ring substituents is 2. The van der Waals surface area contributed by atoms with Crippen LogP contribution in [0.1, 0.15) is 0 Å². The first kappa shape index (κ1) is 9.71. The van der Waals surface area contributed by atoms with Crippen LogP contribution < -0.4 is 5.73 Å². The van der Waals surface area contributed by atoms with Crippen molar-refractivity contribution in [3.05, 3.63) is 32.4 Å². The lowest BCUT2D eigenvalue weighted by Crippen LogP contribution is -1.96. The lowest BCUT2D eigenvalue weighted by atomic mass is 10.2. The minimum Gasteiger partial charge on any atom is -0.497 e. The summed E-state index contributed by atoms with van der Waals surface area (Å²) in [7, 11) is 0. The van der Waals surface area contributed by atoms with Gasteiger partial charge in [0.25, 0.3) is 5.75 Å². The molecule has 0 unspecified atom stereocenters. The van der Waals surface area contributed by atoms with E-state index in [1.54, 1.807) is 0 Å². The van der Waals surface area contributed by atoms with Crippen molar-refractivity contribution in [2.45, 2.75) is 0 Å². The summed E-state index contributed by atoms with van der Waals surface area (Å²) >= 11 is 0. The second kappa shape index (κ2) is 3.17. The van der Waals surface area contributed by atoms with Gasteiger partial charge in [0.05, 0.1) is 9.85 Å². The van der Waals surface area contributed by atoms with Crippen molar-refractivity contribution in [3.63, 3.8) is 0 Å². The van der Waals surface area contributed by atoms with E-state index >= 15 is 0 Å². The van der Waals surface area contributed by atoms with Gasteiger partial charge < -0.3 is 10.8 Å². The molecule has 0 aliphatic heterocycles. The Bertz CT molecular complexity index is 381. The highest BCUT2D eigenvalue weighted by Crippen LogP contribution is 2.37. The molecule has 14 heavy (non-hydrogen) atoms. The zero-order chi connectivity index (χ0) is 10.9. The third-order valence-corrected chi connectivity index (χ3v) is 1.49. The first-order valence-corrected chi connectivity index (χ1v) is 3.34. The van der Waals surface area contributed by atoms with Gasteiger partial charge in [-0.15, -0.1) is 0 Å². The number of hydrogen-bond donors (Lipinski definition) is 2. The number of anilines is 1. The highest BCUT2D eigenvalue weighted by Gasteiger charge is 2.25. The molecule has 0 heterocycles. The maximum Gasteiger partial charge on any atom is 0.320 e. The Balaban J connectivity index is 3.47. The van der Waals surface area contributed by atoms with Crippen molar-refractivity contribution in [1.29, 1.82) is 0 Å². The highest BCUT2D eigenvalue weighted by molar-refractivity contribution is 5.66. The van der Waals surface area contributed by atoms with E-state index in [0.29, 0.717) is 0 Å². The van der Waals surface area contributed by atoms with Gasteiger partial charge in [0, 0.05) is 17.8 Å². The average Bonchev–Trinajstić information content (AvgIpc) is 2.07. The Labute approximate surface area is 76.9 Å². The SMILES string of the molecule is Nc1cc([N+](=O)[O-])c(O)c([N+](=O)[O-])c1. The molecule has 0 spiro atoms. The first-order valence-electron chi connectivity index (χ1n) is 3.34. The Morgan fingerprint density at radius 2 is 1.50 bits per heavy atom. The van der Waals surface area contributed by atoms with Gasteiger partial charge in [-0.2, -0.15) is 0 Å². The molecule has 0 aromatic heterocycles. The maximum atomic E-state index is 10.3. The van der Waals surface area contributed by atoms with Crippen LogP contribution in [0.3, 0.4) is 0 Å². The van der Waals surface area contributed by atoms with E-state index in [2.05, 4.69) is 0 Å². The summed E-state index contributed by atoms with van der Waals surface area (Å²) in [5.74, 6) is -0.991. The number of nitrogens with two attached hydrogens (primary N) is 1. The average molecular weight is 199 g/mol. The molecule has 0 aliphatic rings. The maximum absolute atomic E-state index is 10.3. The minimum atomic E-state index is -0.991. The largest absolute Gasteiger partial charge is 0.497 e. The van der Waals surface area contributed by atoms with Crippen molar-refractivity contribution in [2.24, 2.45) is 0 Å². The number of rotatable bonds is 2. The fraction of sp³-hybridized carbons (Fsp3) is 0. The summed E-state index contributed by atoms with van der Waals surface area (Å²) in [6.45, 7) is 0. The van der Waals surface area contributed by atoms with Crippen LogP contribution in [0.4, 0.5) is 17.1 Å². The molecule has 0 aliphatic carbocycles. The molecule has 8 heteroatoms. The van der Waals surface area contributed by atoms with Gasteiger partial charge in [-0.05, 0) is 0 Å². The van der Waals surface area contributed by atoms with E-state index in [0.717, 1.165) is 12.1 Å². The quantitative estimate of drug-likeness (QED) is 0.313. The van der Waals surface area contributed by atoms with Gasteiger partial charge in [0.15, 0.2) is 0 Å². The molecule has 3 N–H and O–H groups in total. The summed E-state index contributed by atoms with van der Waals surface area (Å²) in [5, 5.41) is 29.7. The number of aromatic hydroxyl groups is 1. The Kier molecular flexibility index (Phi) is 2.19. The van der Waals surface area contributed by atoms with E-state index in [4.69, 9.17) is 10.8 Å². The second-order valence-electron chi connectivity index (χ2n) is 2.42. The third kappa shape index (κ3) is 1.53. The smallest absolute Gasteiger partial charge is 0.320 e. The van der Waals surface area contributed by atoms with Crippen molar-refractivity contribution in [3.8, 4) is 5.75 Å². The van der Waals surface area contributed by atoms with Crippen LogP contribution in [-0.2, 0) is 0 Å². The molecule has 0 fully saturated rings. The van der Waals surface area contributed by atoms with E-state index in [9.17, 15) is 20.2 Å². The van der Waals surface area contributed by atoms with Crippen molar-refractivity contribution in [2.75, 3.05) is 5.73 Å². The summed E-state index contributed by atoms with van der Waals surface area (Å²) in [4.78, 5) is 18.7. The molecule has 74 valence electrons. The predicted octanol–water partition coefficient (Wildman–Crippen LogP) is 0.791. The van der Waals surface area contributed by atoms with Crippen LogP contribution in [0.5, 0.6) is 5.75 Å². The van der Waals surface area contributed by atoms with Crippen LogP contribution in [0, 0.1) is 20.2 Å². The molecule has 0 saturated carbocycles. The number of nitrogen functional groups attached to an aromatic ring is 1. The van der Waals surface area contributed by atoms with E-state index in [1.165, 1.54) is 0 Å². The second-order valence-corrected chi connectivity index (χ2v) is 2.42. The summed E-state index contributed by atoms with van der Waals surface area (Å²) in [6.07, 6.45) is 0. The molecular formula is C6H5N3O5. The summed E-state index contributed by atoms with van der Waals surface area (Å²) in [5.41, 5.74) is 3.47. The number of phenolic OH excluding ortho intramolecular Hbond substituents is 1. The number of hydrogen-bond acceptors (Lipinski definition) is 6. The molecular weight excluding hydrogens is 194 g/mol. The minimum absolute atomic E-state index is 0.152. The van der Waals surface area contributed by atoms with Gasteiger partial charge in [-0.25, -0.2) is 0 Å². The molecule has 0 radical (unpaired) electrons. The third-order valence-electron chi connectivity index (χ3n) is 1.49. The van der Waals surface area contributed by atoms with Crippen LogP contribution >= 0.6 is 0 Å². The molecule has 1 aromatic rings. The normalized spacial score (nSPS) is 9.71. The summed E-state index contributed by atoms with van der Waals surface area (Å²) in [6, 6.07) is 1.70. The lowest BCUT2D eigenvalue weighted by molar-refractivity contribution is -0.395. The predicted molar refractivity (Wildman–Crippen MR) is 45.8 cm³/mol. The van der Waals surface area contributed by atoms with E-state index in [1.807, 2.05) is 0 Å². The van der Waals surface area contributed by atoms with Crippen molar-refractivity contribution < 1.29 is 15.0 Å². The Morgan fingerprint density at radius 1 is 1.14 bits per heavy atom. The molecule has 1 rings (SSSR count). The van der Waals surface area contributed by atoms with E-state index < -0.39 is 27.0 Å². The van der Waals surface area contributed by atoms with Crippen LogP contribution in [0.25, 0.3) is 0 Å². The zero-order valence-electron chi connectivity index (χ0n) is 6.71. The number of phenols is 1. The highest BCUT2D eigenvalue weighted by atomic mass is 16.6. The molecule has 0 amide bonds. The van der Waals surface area contributed by atoms with Crippen LogP contribution in [0.2, 0.25) is 0 Å². The molecule has 0 atom stereocenters. The fourth-order valence-electron chi connectivity index (χ4n) is 0.904. The molecule has 0 bridgehead atoms. The first-order chi connectivity index (χ1) is 6.43. The molecule has 8 nitrogen and oxygen atoms in total. The van der Waals surface area contributed by atoms with Crippen molar-refractivity contribution >= 4 is 17.1 Å². The van der Waals surface area contributed by atoms with Crippen LogP contribution in [0.15, 0.2) is 12.1 Å². The topological polar surface area (TPSA) is 133 Å². The lowest BCUT2D eigenvalue weighted by Gasteiger charge is -1.98. The van der Waals surface area contributed by atoms with Gasteiger partial charge in [0.2, 0.25) is 0 Å². The molecule has 1 aromatic carbocycles. The Morgan fingerprint density at radius 3 is 1.79 bits per heavy atom. The number of benzene rings is 1. The summed E-state index contributed by atoms with van der Waals surface area (Å²) < 4.78 is 0. The fourth-order valence-corrected chi connectivity index (χ4v) is 0.904. The zero-order valence-corrected chi connectivity index (χ0v) is 6.71. The van der Waals surface area contributed by atoms with Gasteiger partial charge in [0.1, 0.15) is 0 Å². The monoisotopic (exact) mass is 199 g/mol. The van der Waals surface area contributed by atoms with Crippen LogP contribution in [-0.4, -0.2) is 15.0 Å².